The molecule has 0 bridgehead atoms. The van der Waals surface area contributed by atoms with Crippen molar-refractivity contribution in [2.75, 3.05) is 0 Å². The molecule has 0 unspecified atom stereocenters. The second kappa shape index (κ2) is 7.48. The zero-order valence-corrected chi connectivity index (χ0v) is 14.1. The Kier molecular flexibility index (Phi) is 5.15. The lowest BCUT2D eigenvalue weighted by Gasteiger charge is -2.15. The average Bonchev–Trinajstić information content (AvgIpc) is 2.58. The van der Waals surface area contributed by atoms with Gasteiger partial charge in [0.25, 0.3) is 0 Å². The zero-order chi connectivity index (χ0) is 16.1. The van der Waals surface area contributed by atoms with Gasteiger partial charge in [0.1, 0.15) is 0 Å². The average molecular weight is 320 g/mol. The van der Waals surface area contributed by atoms with Gasteiger partial charge >= 0.3 is 0 Å². The molecule has 0 heterocycles. The van der Waals surface area contributed by atoms with Gasteiger partial charge in [-0.2, -0.15) is 0 Å². The normalized spacial score (nSPS) is 10.9. The molecule has 3 rings (SSSR count). The molecule has 0 aliphatic heterocycles. The van der Waals surface area contributed by atoms with E-state index in [1.165, 1.54) is 22.3 Å². The maximum atomic E-state index is 6.64. The Morgan fingerprint density at radius 1 is 0.739 bits per heavy atom. The van der Waals surface area contributed by atoms with Gasteiger partial charge in [-0.15, -0.1) is 11.6 Å². The summed E-state index contributed by atoms with van der Waals surface area (Å²) in [5.74, 6) is 0. The largest absolute Gasteiger partial charge is 0.111 e. The molecular formula is C22H20Cl. The third-order valence-corrected chi connectivity index (χ3v) is 4.52. The van der Waals surface area contributed by atoms with E-state index in [9.17, 15) is 0 Å². The topological polar surface area (TPSA) is 0 Å². The quantitative estimate of drug-likeness (QED) is 0.545. The lowest BCUT2D eigenvalue weighted by molar-refractivity contribution is 1.08. The van der Waals surface area contributed by atoms with Gasteiger partial charge in [-0.3, -0.25) is 0 Å². The maximum absolute atomic E-state index is 6.64. The number of hydrogen-bond donors (Lipinski definition) is 0. The van der Waals surface area contributed by atoms with E-state index < -0.39 is 0 Å². The van der Waals surface area contributed by atoms with Crippen LogP contribution in [0.4, 0.5) is 0 Å². The van der Waals surface area contributed by atoms with Gasteiger partial charge in [-0.05, 0) is 47.6 Å². The van der Waals surface area contributed by atoms with Crippen LogP contribution in [0.1, 0.15) is 27.8 Å². The van der Waals surface area contributed by atoms with Crippen molar-refractivity contribution in [3.8, 4) is 0 Å². The van der Waals surface area contributed by atoms with Crippen LogP contribution in [0.2, 0.25) is 0 Å². The molecule has 23 heavy (non-hydrogen) atoms. The van der Waals surface area contributed by atoms with Crippen LogP contribution in [0, 0.1) is 12.3 Å². The number of halogens is 1. The molecule has 1 radical (unpaired) electrons. The first-order chi connectivity index (χ1) is 11.2. The number of hydrogen-bond acceptors (Lipinski definition) is 0. The van der Waals surface area contributed by atoms with Gasteiger partial charge in [-0.1, -0.05) is 78.9 Å². The van der Waals surface area contributed by atoms with Crippen LogP contribution in [-0.2, 0) is 12.8 Å². The molecule has 0 saturated carbocycles. The monoisotopic (exact) mass is 319 g/mol. The van der Waals surface area contributed by atoms with Crippen molar-refractivity contribution in [1.29, 1.82) is 0 Å². The molecule has 1 heteroatoms. The van der Waals surface area contributed by atoms with Gasteiger partial charge in [0.05, 0.1) is 5.38 Å². The molecule has 0 saturated heterocycles. The van der Waals surface area contributed by atoms with E-state index in [4.69, 9.17) is 11.6 Å². The van der Waals surface area contributed by atoms with E-state index in [0.29, 0.717) is 0 Å². The highest BCUT2D eigenvalue weighted by Gasteiger charge is 2.14. The molecule has 115 valence electrons. The SMILES string of the molecule is Cc1c(Cc2ccccc2)cccc1[C](Cl)Cc1ccccc1. The van der Waals surface area contributed by atoms with Crippen molar-refractivity contribution in [1.82, 2.24) is 0 Å². The molecule has 0 nitrogen and oxygen atoms in total. The lowest BCUT2D eigenvalue weighted by Crippen LogP contribution is -2.02. The molecule has 0 fully saturated rings. The van der Waals surface area contributed by atoms with E-state index in [2.05, 4.69) is 79.7 Å². The van der Waals surface area contributed by atoms with E-state index in [0.717, 1.165) is 23.8 Å². The van der Waals surface area contributed by atoms with Crippen molar-refractivity contribution >= 4 is 11.6 Å². The summed E-state index contributed by atoms with van der Waals surface area (Å²) in [7, 11) is 0. The molecule has 0 aromatic heterocycles. The minimum Gasteiger partial charge on any atom is -0.111 e. The van der Waals surface area contributed by atoms with Crippen molar-refractivity contribution in [2.24, 2.45) is 0 Å². The van der Waals surface area contributed by atoms with Gasteiger partial charge in [0.15, 0.2) is 0 Å². The Hall–Kier alpha value is -2.05. The van der Waals surface area contributed by atoms with E-state index >= 15 is 0 Å². The standard InChI is InChI=1S/C22H20Cl/c1-17-20(15-18-9-4-2-5-10-18)13-8-14-21(17)22(23)16-19-11-6-3-7-12-19/h2-14H,15-16H2,1H3. The molecule has 3 aromatic rings. The first kappa shape index (κ1) is 15.8. The van der Waals surface area contributed by atoms with Gasteiger partial charge in [-0.25, -0.2) is 0 Å². The molecule has 0 aliphatic carbocycles. The Labute approximate surface area is 143 Å². The van der Waals surface area contributed by atoms with Crippen molar-refractivity contribution in [3.05, 3.63) is 112 Å². The predicted octanol–water partition coefficient (Wildman–Crippen LogP) is 5.95. The van der Waals surface area contributed by atoms with Crippen LogP contribution < -0.4 is 0 Å². The fourth-order valence-electron chi connectivity index (χ4n) is 2.85. The van der Waals surface area contributed by atoms with Gasteiger partial charge < -0.3 is 0 Å². The molecule has 0 spiro atoms. The summed E-state index contributed by atoms with van der Waals surface area (Å²) in [5, 5.41) is 0.906. The first-order valence-electron chi connectivity index (χ1n) is 7.92. The molecular weight excluding hydrogens is 300 g/mol. The second-order valence-corrected chi connectivity index (χ2v) is 6.28. The van der Waals surface area contributed by atoms with Crippen molar-refractivity contribution < 1.29 is 0 Å². The Balaban J connectivity index is 1.81. The highest BCUT2D eigenvalue weighted by Crippen LogP contribution is 2.29. The van der Waals surface area contributed by atoms with Crippen molar-refractivity contribution in [2.45, 2.75) is 19.8 Å². The maximum Gasteiger partial charge on any atom is 0.0973 e. The fourth-order valence-corrected chi connectivity index (χ4v) is 3.21. The highest BCUT2D eigenvalue weighted by atomic mass is 35.5. The zero-order valence-electron chi connectivity index (χ0n) is 13.3. The van der Waals surface area contributed by atoms with Crippen LogP contribution >= 0.6 is 11.6 Å². The fraction of sp³-hybridized carbons (Fsp3) is 0.136. The summed E-state index contributed by atoms with van der Waals surface area (Å²) >= 11 is 6.64. The summed E-state index contributed by atoms with van der Waals surface area (Å²) in [5.41, 5.74) is 6.33. The molecule has 0 atom stereocenters. The van der Waals surface area contributed by atoms with Crippen LogP contribution in [0.5, 0.6) is 0 Å². The minimum atomic E-state index is 0.776. The highest BCUT2D eigenvalue weighted by molar-refractivity contribution is 6.29. The Morgan fingerprint density at radius 3 is 2.00 bits per heavy atom. The summed E-state index contributed by atoms with van der Waals surface area (Å²) in [6, 6.07) is 27.4. The third kappa shape index (κ3) is 4.03. The summed E-state index contributed by atoms with van der Waals surface area (Å²) < 4.78 is 0. The molecule has 0 N–H and O–H groups in total. The van der Waals surface area contributed by atoms with Gasteiger partial charge in [0.2, 0.25) is 0 Å². The Bertz CT molecular complexity index is 747. The summed E-state index contributed by atoms with van der Waals surface area (Å²) in [6.45, 7) is 2.17. The smallest absolute Gasteiger partial charge is 0.0973 e. The lowest BCUT2D eigenvalue weighted by atomic mass is 9.93. The summed E-state index contributed by atoms with van der Waals surface area (Å²) in [6.07, 6.45) is 1.72. The number of benzene rings is 3. The first-order valence-corrected chi connectivity index (χ1v) is 8.30. The molecule has 3 aromatic carbocycles. The number of rotatable bonds is 5. The van der Waals surface area contributed by atoms with E-state index in [-0.39, 0.29) is 0 Å². The van der Waals surface area contributed by atoms with Gasteiger partial charge in [0, 0.05) is 0 Å². The minimum absolute atomic E-state index is 0.776. The van der Waals surface area contributed by atoms with Crippen LogP contribution in [0.3, 0.4) is 0 Å². The Morgan fingerprint density at radius 2 is 1.35 bits per heavy atom. The third-order valence-electron chi connectivity index (χ3n) is 4.18. The second-order valence-electron chi connectivity index (χ2n) is 5.82. The van der Waals surface area contributed by atoms with E-state index in [1.807, 2.05) is 6.07 Å². The molecule has 0 aliphatic rings. The van der Waals surface area contributed by atoms with Crippen LogP contribution in [0.25, 0.3) is 0 Å². The van der Waals surface area contributed by atoms with Crippen molar-refractivity contribution in [3.63, 3.8) is 0 Å². The van der Waals surface area contributed by atoms with E-state index in [1.54, 1.807) is 0 Å². The predicted molar refractivity (Wildman–Crippen MR) is 98.8 cm³/mol. The van der Waals surface area contributed by atoms with Crippen LogP contribution in [-0.4, -0.2) is 0 Å². The van der Waals surface area contributed by atoms with Crippen LogP contribution in [0.15, 0.2) is 78.9 Å². The summed E-state index contributed by atoms with van der Waals surface area (Å²) in [4.78, 5) is 0. The molecule has 0 amide bonds.